The van der Waals surface area contributed by atoms with Crippen molar-refractivity contribution in [2.75, 3.05) is 37.6 Å². The molecule has 186 valence electrons. The van der Waals surface area contributed by atoms with E-state index in [4.69, 9.17) is 4.98 Å². The van der Waals surface area contributed by atoms with Crippen LogP contribution in [0.15, 0.2) is 48.5 Å². The van der Waals surface area contributed by atoms with E-state index in [0.717, 1.165) is 68.1 Å². The maximum absolute atomic E-state index is 13.8. The molecule has 7 heteroatoms. The molecule has 1 amide bonds. The maximum atomic E-state index is 13.8. The van der Waals surface area contributed by atoms with Crippen molar-refractivity contribution in [3.8, 4) is 0 Å². The first-order valence-electron chi connectivity index (χ1n) is 13.0. The Bertz CT molecular complexity index is 1150. The van der Waals surface area contributed by atoms with Crippen molar-refractivity contribution >= 4 is 22.9 Å². The fourth-order valence-corrected chi connectivity index (χ4v) is 5.58. The average molecular weight is 478 g/mol. The minimum atomic E-state index is -0.227. The van der Waals surface area contributed by atoms with Crippen LogP contribution < -0.4 is 10.2 Å². The number of imidazole rings is 1. The van der Waals surface area contributed by atoms with Crippen LogP contribution in [0, 0.1) is 11.7 Å². The Balaban J connectivity index is 1.21. The lowest BCUT2D eigenvalue weighted by Gasteiger charge is -2.34. The molecule has 35 heavy (non-hydrogen) atoms. The summed E-state index contributed by atoms with van der Waals surface area (Å²) in [4.78, 5) is 22.5. The zero-order chi connectivity index (χ0) is 24.2. The fraction of sp³-hybridized carbons (Fsp3) is 0.500. The van der Waals surface area contributed by atoms with Crippen molar-refractivity contribution in [3.63, 3.8) is 0 Å². The smallest absolute Gasteiger partial charge is 0.223 e. The molecule has 2 saturated heterocycles. The standard InChI is InChI=1S/C28H36FN5O/c1-21-7-4-5-15-32(21)18-14-30-27(35)23-12-16-33(17-13-23)28-31-25-10-2-3-11-26(25)34(28)20-22-8-6-9-24(29)19-22/h2-3,6,8-11,19,21,23H,4-5,7,12-18,20H2,1H3,(H,30,35)/t21-/m1/s1. The van der Waals surface area contributed by atoms with E-state index in [-0.39, 0.29) is 17.6 Å². The predicted octanol–water partition coefficient (Wildman–Crippen LogP) is 4.43. The van der Waals surface area contributed by atoms with E-state index in [0.29, 0.717) is 12.6 Å². The summed E-state index contributed by atoms with van der Waals surface area (Å²) in [7, 11) is 0. The molecule has 0 bridgehead atoms. The van der Waals surface area contributed by atoms with Crippen LogP contribution in [0.2, 0.25) is 0 Å². The van der Waals surface area contributed by atoms with Crippen molar-refractivity contribution in [1.82, 2.24) is 19.8 Å². The number of benzene rings is 2. The third-order valence-electron chi connectivity index (χ3n) is 7.65. The van der Waals surface area contributed by atoms with Crippen molar-refractivity contribution in [2.45, 2.75) is 51.6 Å². The van der Waals surface area contributed by atoms with E-state index in [1.54, 1.807) is 12.1 Å². The quantitative estimate of drug-likeness (QED) is 0.547. The molecule has 2 aromatic carbocycles. The molecular weight excluding hydrogens is 441 g/mol. The molecule has 0 saturated carbocycles. The maximum Gasteiger partial charge on any atom is 0.223 e. The Hall–Kier alpha value is -2.93. The number of nitrogens with one attached hydrogen (secondary N) is 1. The van der Waals surface area contributed by atoms with Crippen LogP contribution in [0.25, 0.3) is 11.0 Å². The molecule has 1 aromatic heterocycles. The number of fused-ring (bicyclic) bond motifs is 1. The number of hydrogen-bond donors (Lipinski definition) is 1. The first kappa shape index (κ1) is 23.8. The average Bonchev–Trinajstić information content (AvgIpc) is 3.23. The first-order valence-corrected chi connectivity index (χ1v) is 13.0. The van der Waals surface area contributed by atoms with E-state index in [1.807, 2.05) is 24.3 Å². The van der Waals surface area contributed by atoms with Crippen molar-refractivity contribution in [2.24, 2.45) is 5.92 Å². The normalized spacial score (nSPS) is 19.8. The van der Waals surface area contributed by atoms with Crippen LogP contribution in [0.4, 0.5) is 10.3 Å². The number of piperidine rings is 2. The van der Waals surface area contributed by atoms with Crippen LogP contribution >= 0.6 is 0 Å². The summed E-state index contributed by atoms with van der Waals surface area (Å²) in [5.74, 6) is 0.900. The summed E-state index contributed by atoms with van der Waals surface area (Å²) in [5, 5.41) is 3.19. The van der Waals surface area contributed by atoms with Gasteiger partial charge < -0.3 is 14.8 Å². The number of amides is 1. The Morgan fingerprint density at radius 3 is 2.69 bits per heavy atom. The van der Waals surface area contributed by atoms with Gasteiger partial charge in [-0.15, -0.1) is 0 Å². The Morgan fingerprint density at radius 1 is 1.06 bits per heavy atom. The van der Waals surface area contributed by atoms with Gasteiger partial charge in [0.05, 0.1) is 17.6 Å². The van der Waals surface area contributed by atoms with Crippen LogP contribution in [0.1, 0.15) is 44.6 Å². The minimum absolute atomic E-state index is 0.0473. The van der Waals surface area contributed by atoms with Gasteiger partial charge in [-0.1, -0.05) is 30.7 Å². The number of anilines is 1. The monoisotopic (exact) mass is 477 g/mol. The third kappa shape index (κ3) is 5.50. The summed E-state index contributed by atoms with van der Waals surface area (Å²) in [6.45, 7) is 7.23. The molecule has 6 nitrogen and oxygen atoms in total. The molecule has 1 atom stereocenters. The summed E-state index contributed by atoms with van der Waals surface area (Å²) in [6, 6.07) is 15.5. The number of nitrogens with zero attached hydrogens (tertiary/aromatic N) is 4. The molecule has 0 spiro atoms. The van der Waals surface area contributed by atoms with Gasteiger partial charge in [0, 0.05) is 38.1 Å². The van der Waals surface area contributed by atoms with Gasteiger partial charge in [0.2, 0.25) is 11.9 Å². The minimum Gasteiger partial charge on any atom is -0.355 e. The van der Waals surface area contributed by atoms with Gasteiger partial charge in [0.1, 0.15) is 5.82 Å². The second-order valence-corrected chi connectivity index (χ2v) is 10.0. The molecular formula is C28H36FN5O. The van der Waals surface area contributed by atoms with E-state index >= 15 is 0 Å². The van der Waals surface area contributed by atoms with Crippen molar-refractivity contribution in [3.05, 3.63) is 59.9 Å². The number of aromatic nitrogens is 2. The highest BCUT2D eigenvalue weighted by Gasteiger charge is 2.28. The summed E-state index contributed by atoms with van der Waals surface area (Å²) >= 11 is 0. The lowest BCUT2D eigenvalue weighted by atomic mass is 9.96. The SMILES string of the molecule is C[C@@H]1CCCCN1CCNC(=O)C1CCN(c2nc3ccccc3n2Cc2cccc(F)c2)CC1. The lowest BCUT2D eigenvalue weighted by molar-refractivity contribution is -0.125. The molecule has 2 aliphatic rings. The van der Waals surface area contributed by atoms with Gasteiger partial charge in [-0.3, -0.25) is 9.69 Å². The van der Waals surface area contributed by atoms with E-state index in [1.165, 1.54) is 25.3 Å². The Labute approximate surface area is 207 Å². The van der Waals surface area contributed by atoms with Gasteiger partial charge in [0.25, 0.3) is 0 Å². The Morgan fingerprint density at radius 2 is 1.89 bits per heavy atom. The number of rotatable bonds is 7. The van der Waals surface area contributed by atoms with Gasteiger partial charge in [-0.25, -0.2) is 9.37 Å². The summed E-state index contributed by atoms with van der Waals surface area (Å²) < 4.78 is 16.0. The summed E-state index contributed by atoms with van der Waals surface area (Å²) in [6.07, 6.45) is 5.47. The van der Waals surface area contributed by atoms with Gasteiger partial charge in [0.15, 0.2) is 0 Å². The highest BCUT2D eigenvalue weighted by atomic mass is 19.1. The largest absolute Gasteiger partial charge is 0.355 e. The molecule has 0 unspecified atom stereocenters. The first-order chi connectivity index (χ1) is 17.1. The van der Waals surface area contributed by atoms with Crippen molar-refractivity contribution in [1.29, 1.82) is 0 Å². The molecule has 1 N–H and O–H groups in total. The molecule has 2 aliphatic heterocycles. The van der Waals surface area contributed by atoms with Crippen LogP contribution in [0.3, 0.4) is 0 Å². The molecule has 0 radical (unpaired) electrons. The lowest BCUT2D eigenvalue weighted by Crippen LogP contribution is -2.45. The van der Waals surface area contributed by atoms with E-state index in [9.17, 15) is 9.18 Å². The highest BCUT2D eigenvalue weighted by Crippen LogP contribution is 2.28. The van der Waals surface area contributed by atoms with Crippen LogP contribution in [0.5, 0.6) is 0 Å². The molecule has 3 heterocycles. The van der Waals surface area contributed by atoms with Crippen LogP contribution in [-0.2, 0) is 11.3 Å². The van der Waals surface area contributed by atoms with E-state index < -0.39 is 0 Å². The number of carbonyl (C=O) groups excluding carboxylic acids is 1. The fourth-order valence-electron chi connectivity index (χ4n) is 5.58. The molecule has 0 aliphatic carbocycles. The molecule has 3 aromatic rings. The van der Waals surface area contributed by atoms with Gasteiger partial charge in [-0.05, 0) is 69.0 Å². The zero-order valence-corrected chi connectivity index (χ0v) is 20.6. The van der Waals surface area contributed by atoms with Gasteiger partial charge in [-0.2, -0.15) is 0 Å². The number of carbonyl (C=O) groups is 1. The number of para-hydroxylation sites is 2. The molecule has 2 fully saturated rings. The molecule has 5 rings (SSSR count). The third-order valence-corrected chi connectivity index (χ3v) is 7.65. The topological polar surface area (TPSA) is 53.4 Å². The second-order valence-electron chi connectivity index (χ2n) is 10.0. The number of likely N-dealkylation sites (tertiary alicyclic amines) is 1. The summed E-state index contributed by atoms with van der Waals surface area (Å²) in [5.41, 5.74) is 2.89. The second kappa shape index (κ2) is 10.8. The van der Waals surface area contributed by atoms with Gasteiger partial charge >= 0.3 is 0 Å². The van der Waals surface area contributed by atoms with Crippen LogP contribution in [-0.4, -0.2) is 59.1 Å². The zero-order valence-electron chi connectivity index (χ0n) is 20.6. The number of halogens is 1. The van der Waals surface area contributed by atoms with Crippen molar-refractivity contribution < 1.29 is 9.18 Å². The Kier molecular flexibility index (Phi) is 7.32. The highest BCUT2D eigenvalue weighted by molar-refractivity contribution is 5.80. The van der Waals surface area contributed by atoms with E-state index in [2.05, 4.69) is 32.7 Å². The number of hydrogen-bond acceptors (Lipinski definition) is 4. The predicted molar refractivity (Wildman–Crippen MR) is 138 cm³/mol.